The van der Waals surface area contributed by atoms with E-state index in [1.807, 2.05) is 42.5 Å². The number of nitrogens with one attached hydrogen (secondary N) is 1. The Morgan fingerprint density at radius 1 is 1.20 bits per heavy atom. The van der Waals surface area contributed by atoms with E-state index in [0.717, 1.165) is 36.3 Å². The van der Waals surface area contributed by atoms with Crippen molar-refractivity contribution in [1.29, 1.82) is 0 Å². The summed E-state index contributed by atoms with van der Waals surface area (Å²) in [6, 6.07) is 15.1. The number of β-amino-alcohol motifs (C(OH)–C–C–N with tert-alkyl or cyclic N) is 1. The summed E-state index contributed by atoms with van der Waals surface area (Å²) in [4.78, 5) is 14.8. The quantitative estimate of drug-likeness (QED) is 0.752. The van der Waals surface area contributed by atoms with Gasteiger partial charge < -0.3 is 15.5 Å². The van der Waals surface area contributed by atoms with E-state index in [2.05, 4.69) is 10.2 Å². The van der Waals surface area contributed by atoms with Gasteiger partial charge in [0.15, 0.2) is 0 Å². The number of benzene rings is 2. The first-order valence-corrected chi connectivity index (χ1v) is 8.65. The number of aliphatic hydroxyl groups is 2. The molecule has 1 aliphatic rings. The molecule has 0 saturated carbocycles. The minimum atomic E-state index is -0.241. The molecular formula is C20H24N2O3. The number of carbonyl (C=O) groups is 1. The molecule has 0 bridgehead atoms. The second-order valence-corrected chi connectivity index (χ2v) is 6.46. The molecule has 5 heteroatoms. The van der Waals surface area contributed by atoms with Crippen molar-refractivity contribution >= 4 is 11.6 Å². The van der Waals surface area contributed by atoms with Gasteiger partial charge in [-0.15, -0.1) is 0 Å². The van der Waals surface area contributed by atoms with Gasteiger partial charge in [0.05, 0.1) is 6.10 Å². The summed E-state index contributed by atoms with van der Waals surface area (Å²) in [5.74, 6) is -0.159. The highest BCUT2D eigenvalue weighted by atomic mass is 16.3. The van der Waals surface area contributed by atoms with Crippen molar-refractivity contribution in [3.63, 3.8) is 0 Å². The van der Waals surface area contributed by atoms with Gasteiger partial charge in [-0.05, 0) is 42.2 Å². The van der Waals surface area contributed by atoms with Crippen LogP contribution in [-0.4, -0.2) is 46.8 Å². The molecule has 1 fully saturated rings. The normalized spacial score (nSPS) is 17.6. The molecule has 0 aliphatic carbocycles. The average molecular weight is 340 g/mol. The Kier molecular flexibility index (Phi) is 5.81. The molecule has 3 N–H and O–H groups in total. The molecule has 0 unspecified atom stereocenters. The van der Waals surface area contributed by atoms with E-state index in [-0.39, 0.29) is 18.6 Å². The molecule has 1 amide bonds. The summed E-state index contributed by atoms with van der Waals surface area (Å²) >= 11 is 0. The Morgan fingerprint density at radius 2 is 2.04 bits per heavy atom. The number of para-hydroxylation sites is 1. The smallest absolute Gasteiger partial charge is 0.255 e. The third kappa shape index (κ3) is 4.66. The van der Waals surface area contributed by atoms with Gasteiger partial charge in [0, 0.05) is 37.5 Å². The van der Waals surface area contributed by atoms with Crippen molar-refractivity contribution in [2.75, 3.05) is 25.0 Å². The molecule has 1 heterocycles. The third-order valence-electron chi connectivity index (χ3n) is 4.49. The van der Waals surface area contributed by atoms with E-state index in [1.54, 1.807) is 6.07 Å². The van der Waals surface area contributed by atoms with Crippen molar-refractivity contribution in [1.82, 2.24) is 4.90 Å². The van der Waals surface area contributed by atoms with Gasteiger partial charge in [0.25, 0.3) is 5.91 Å². The van der Waals surface area contributed by atoms with E-state index in [4.69, 9.17) is 5.11 Å². The van der Waals surface area contributed by atoms with Crippen LogP contribution in [0.15, 0.2) is 48.5 Å². The molecule has 1 aliphatic heterocycles. The van der Waals surface area contributed by atoms with Crippen molar-refractivity contribution in [3.8, 4) is 0 Å². The van der Waals surface area contributed by atoms with Gasteiger partial charge in [-0.3, -0.25) is 9.69 Å². The summed E-state index contributed by atoms with van der Waals surface area (Å²) in [5, 5.41) is 21.7. The minimum Gasteiger partial charge on any atom is -0.396 e. The lowest BCUT2D eigenvalue weighted by molar-refractivity contribution is 0.102. The number of amides is 1. The molecule has 132 valence electrons. The summed E-state index contributed by atoms with van der Waals surface area (Å²) in [6.45, 7) is 2.35. The average Bonchev–Trinajstić information content (AvgIpc) is 3.02. The molecule has 3 rings (SSSR count). The van der Waals surface area contributed by atoms with Gasteiger partial charge in [-0.1, -0.05) is 30.3 Å². The molecule has 5 nitrogen and oxygen atoms in total. The number of carbonyl (C=O) groups excluding carboxylic acids is 1. The maximum atomic E-state index is 12.6. The SMILES string of the molecule is O=C(Nc1ccccc1CCO)c1cccc(CN2CC[C@H](O)C2)c1. The van der Waals surface area contributed by atoms with Gasteiger partial charge in [-0.2, -0.15) is 0 Å². The predicted molar refractivity (Wildman–Crippen MR) is 97.5 cm³/mol. The highest BCUT2D eigenvalue weighted by Gasteiger charge is 2.20. The zero-order valence-electron chi connectivity index (χ0n) is 14.2. The van der Waals surface area contributed by atoms with Crippen molar-refractivity contribution in [2.45, 2.75) is 25.5 Å². The molecule has 2 aromatic rings. The predicted octanol–water partition coefficient (Wildman–Crippen LogP) is 2.04. The first kappa shape index (κ1) is 17.6. The Balaban J connectivity index is 1.69. The number of hydrogen-bond acceptors (Lipinski definition) is 4. The molecule has 25 heavy (non-hydrogen) atoms. The summed E-state index contributed by atoms with van der Waals surface area (Å²) in [7, 11) is 0. The first-order valence-electron chi connectivity index (χ1n) is 8.65. The number of hydrogen-bond donors (Lipinski definition) is 3. The number of aliphatic hydroxyl groups excluding tert-OH is 2. The van der Waals surface area contributed by atoms with Crippen molar-refractivity contribution in [3.05, 3.63) is 65.2 Å². The Bertz CT molecular complexity index is 732. The van der Waals surface area contributed by atoms with E-state index in [9.17, 15) is 9.90 Å². The molecule has 0 spiro atoms. The van der Waals surface area contributed by atoms with Gasteiger partial charge in [0.2, 0.25) is 0 Å². The van der Waals surface area contributed by atoms with Gasteiger partial charge >= 0.3 is 0 Å². The highest BCUT2D eigenvalue weighted by molar-refractivity contribution is 6.04. The molecular weight excluding hydrogens is 316 g/mol. The largest absolute Gasteiger partial charge is 0.396 e. The number of nitrogens with zero attached hydrogens (tertiary/aromatic N) is 1. The second kappa shape index (κ2) is 8.25. The van der Waals surface area contributed by atoms with Crippen LogP contribution in [0.5, 0.6) is 0 Å². The van der Waals surface area contributed by atoms with E-state index >= 15 is 0 Å². The maximum Gasteiger partial charge on any atom is 0.255 e. The standard InChI is InChI=1S/C20H24N2O3/c23-11-9-16-5-1-2-7-19(16)21-20(25)17-6-3-4-15(12-17)13-22-10-8-18(24)14-22/h1-7,12,18,23-24H,8-11,13-14H2,(H,21,25)/t18-/m0/s1. The number of rotatable bonds is 6. The van der Waals surface area contributed by atoms with Gasteiger partial charge in [0.1, 0.15) is 0 Å². The van der Waals surface area contributed by atoms with Crippen LogP contribution in [0, 0.1) is 0 Å². The number of likely N-dealkylation sites (tertiary alicyclic amines) is 1. The summed E-state index contributed by atoms with van der Waals surface area (Å²) in [6.07, 6.45) is 1.07. The Morgan fingerprint density at radius 3 is 2.80 bits per heavy atom. The van der Waals surface area contributed by atoms with Crippen LogP contribution < -0.4 is 5.32 Å². The summed E-state index contributed by atoms with van der Waals surface area (Å²) in [5.41, 5.74) is 3.32. The molecule has 2 aromatic carbocycles. The van der Waals surface area contributed by atoms with Crippen LogP contribution in [0.1, 0.15) is 27.9 Å². The van der Waals surface area contributed by atoms with Crippen LogP contribution in [0.25, 0.3) is 0 Å². The lowest BCUT2D eigenvalue weighted by Crippen LogP contribution is -2.21. The third-order valence-corrected chi connectivity index (χ3v) is 4.49. The lowest BCUT2D eigenvalue weighted by Gasteiger charge is -2.15. The Hall–Kier alpha value is -2.21. The van der Waals surface area contributed by atoms with Crippen LogP contribution in [-0.2, 0) is 13.0 Å². The van der Waals surface area contributed by atoms with Gasteiger partial charge in [-0.25, -0.2) is 0 Å². The highest BCUT2D eigenvalue weighted by Crippen LogP contribution is 2.18. The summed E-state index contributed by atoms with van der Waals surface area (Å²) < 4.78 is 0. The number of anilines is 1. The zero-order chi connectivity index (χ0) is 17.6. The molecule has 0 radical (unpaired) electrons. The fraction of sp³-hybridized carbons (Fsp3) is 0.350. The van der Waals surface area contributed by atoms with E-state index in [1.165, 1.54) is 0 Å². The lowest BCUT2D eigenvalue weighted by atomic mass is 10.1. The molecule has 1 atom stereocenters. The second-order valence-electron chi connectivity index (χ2n) is 6.46. The molecule has 0 aromatic heterocycles. The van der Waals surface area contributed by atoms with Crippen LogP contribution in [0.2, 0.25) is 0 Å². The fourth-order valence-electron chi connectivity index (χ4n) is 3.20. The fourth-order valence-corrected chi connectivity index (χ4v) is 3.20. The monoisotopic (exact) mass is 340 g/mol. The van der Waals surface area contributed by atoms with Crippen LogP contribution >= 0.6 is 0 Å². The minimum absolute atomic E-state index is 0.0457. The first-order chi connectivity index (χ1) is 12.2. The van der Waals surface area contributed by atoms with Crippen molar-refractivity contribution < 1.29 is 15.0 Å². The van der Waals surface area contributed by atoms with E-state index < -0.39 is 0 Å². The maximum absolute atomic E-state index is 12.6. The van der Waals surface area contributed by atoms with Crippen LogP contribution in [0.3, 0.4) is 0 Å². The topological polar surface area (TPSA) is 72.8 Å². The van der Waals surface area contributed by atoms with Crippen LogP contribution in [0.4, 0.5) is 5.69 Å². The zero-order valence-corrected chi connectivity index (χ0v) is 14.2. The molecule has 1 saturated heterocycles. The van der Waals surface area contributed by atoms with Crippen molar-refractivity contribution in [2.24, 2.45) is 0 Å². The van der Waals surface area contributed by atoms with E-state index in [0.29, 0.717) is 18.5 Å². The Labute approximate surface area is 147 Å².